The van der Waals surface area contributed by atoms with Crippen molar-refractivity contribution in [2.45, 2.75) is 4.08 Å². The summed E-state index contributed by atoms with van der Waals surface area (Å²) in [5.74, 6) is 0. The van der Waals surface area contributed by atoms with Gasteiger partial charge in [0.1, 0.15) is 0 Å². The van der Waals surface area contributed by atoms with Crippen LogP contribution in [0, 0.1) is 0 Å². The molecule has 2 atom stereocenters. The van der Waals surface area contributed by atoms with E-state index in [0.717, 1.165) is 0 Å². The molecule has 6 nitrogen and oxygen atoms in total. The van der Waals surface area contributed by atoms with E-state index in [2.05, 4.69) is 4.98 Å². The first-order chi connectivity index (χ1) is 7.05. The fourth-order valence-corrected chi connectivity index (χ4v) is 2.33. The average Bonchev–Trinajstić information content (AvgIpc) is 2.20. The zero-order chi connectivity index (χ0) is 11.5. The molecule has 0 saturated heterocycles. The van der Waals surface area contributed by atoms with Crippen LogP contribution in [0.2, 0.25) is 0 Å². The summed E-state index contributed by atoms with van der Waals surface area (Å²) >= 11 is -5.41. The van der Waals surface area contributed by atoms with E-state index in [-0.39, 0.29) is 5.69 Å². The second kappa shape index (κ2) is 4.90. The van der Waals surface area contributed by atoms with Gasteiger partial charge in [0, 0.05) is 6.20 Å². The number of hydrogen-bond acceptors (Lipinski definition) is 4. The standard InChI is InChI=1S/C7H9NO5S2/c9-5-7(14(10)11,15(12)13)6-3-1-2-4-8-6/h1-4,9H,5H2,(H,10,11)(H,12,13). The van der Waals surface area contributed by atoms with E-state index < -0.39 is 32.8 Å². The Morgan fingerprint density at radius 2 is 1.87 bits per heavy atom. The Hall–Kier alpha value is -0.670. The van der Waals surface area contributed by atoms with E-state index in [9.17, 15) is 8.42 Å². The molecule has 0 aliphatic rings. The van der Waals surface area contributed by atoms with Gasteiger partial charge in [0.2, 0.25) is 4.08 Å². The molecule has 84 valence electrons. The maximum Gasteiger partial charge on any atom is 0.235 e. The van der Waals surface area contributed by atoms with Crippen LogP contribution in [-0.2, 0) is 26.2 Å². The van der Waals surface area contributed by atoms with Gasteiger partial charge >= 0.3 is 0 Å². The van der Waals surface area contributed by atoms with E-state index in [1.165, 1.54) is 18.3 Å². The molecule has 0 saturated carbocycles. The van der Waals surface area contributed by atoms with Crippen LogP contribution >= 0.6 is 0 Å². The van der Waals surface area contributed by atoms with Crippen LogP contribution in [0.4, 0.5) is 0 Å². The molecule has 0 aliphatic heterocycles. The Bertz CT molecular complexity index is 368. The second-order valence-electron chi connectivity index (χ2n) is 2.62. The molecule has 1 heterocycles. The zero-order valence-electron chi connectivity index (χ0n) is 7.44. The fraction of sp³-hybridized carbons (Fsp3) is 0.286. The molecule has 0 aromatic carbocycles. The summed E-state index contributed by atoms with van der Waals surface area (Å²) in [4.78, 5) is 3.70. The van der Waals surface area contributed by atoms with Crippen LogP contribution in [-0.4, -0.2) is 34.2 Å². The largest absolute Gasteiger partial charge is 0.393 e. The van der Waals surface area contributed by atoms with Crippen LogP contribution in [0.3, 0.4) is 0 Å². The van der Waals surface area contributed by atoms with Crippen LogP contribution in [0.1, 0.15) is 5.69 Å². The third-order valence-electron chi connectivity index (χ3n) is 1.83. The van der Waals surface area contributed by atoms with E-state index in [1.54, 1.807) is 6.07 Å². The predicted molar refractivity (Wildman–Crippen MR) is 54.5 cm³/mol. The summed E-state index contributed by atoms with van der Waals surface area (Å²) in [5.41, 5.74) is -0.103. The predicted octanol–water partition coefficient (Wildman–Crippen LogP) is -0.330. The Balaban J connectivity index is 3.35. The van der Waals surface area contributed by atoms with Crippen LogP contribution in [0.25, 0.3) is 0 Å². The number of hydrogen-bond donors (Lipinski definition) is 3. The Labute approximate surface area is 90.9 Å². The molecule has 0 amide bonds. The van der Waals surface area contributed by atoms with Crippen molar-refractivity contribution in [1.82, 2.24) is 4.98 Å². The SMILES string of the molecule is O=S(O)C(CO)(c1ccccn1)S(=O)O. The maximum absolute atomic E-state index is 11.1. The first-order valence-corrected chi connectivity index (χ1v) is 6.01. The summed E-state index contributed by atoms with van der Waals surface area (Å²) in [7, 11) is 0. The van der Waals surface area contributed by atoms with E-state index in [1.807, 2.05) is 0 Å². The van der Waals surface area contributed by atoms with Crippen molar-refractivity contribution in [3.05, 3.63) is 30.1 Å². The highest BCUT2D eigenvalue weighted by molar-refractivity contribution is 7.98. The molecule has 1 aromatic rings. The van der Waals surface area contributed by atoms with Gasteiger partial charge in [-0.1, -0.05) is 6.07 Å². The third kappa shape index (κ3) is 2.13. The van der Waals surface area contributed by atoms with E-state index >= 15 is 0 Å². The minimum absolute atomic E-state index is 0.103. The minimum Gasteiger partial charge on any atom is -0.393 e. The van der Waals surface area contributed by atoms with Crippen LogP contribution in [0.15, 0.2) is 24.4 Å². The van der Waals surface area contributed by atoms with Gasteiger partial charge in [-0.05, 0) is 12.1 Å². The van der Waals surface area contributed by atoms with Crippen molar-refractivity contribution in [2.75, 3.05) is 6.61 Å². The smallest absolute Gasteiger partial charge is 0.235 e. The Kier molecular flexibility index (Phi) is 4.05. The van der Waals surface area contributed by atoms with Gasteiger partial charge in [-0.25, -0.2) is 8.42 Å². The highest BCUT2D eigenvalue weighted by Gasteiger charge is 2.46. The van der Waals surface area contributed by atoms with Crippen molar-refractivity contribution in [3.8, 4) is 0 Å². The molecule has 0 bridgehead atoms. The lowest BCUT2D eigenvalue weighted by atomic mass is 10.3. The maximum atomic E-state index is 11.1. The molecule has 2 unspecified atom stereocenters. The van der Waals surface area contributed by atoms with Gasteiger partial charge in [0.05, 0.1) is 12.3 Å². The molecule has 0 fully saturated rings. The normalized spacial score (nSPS) is 19.1. The van der Waals surface area contributed by atoms with Crippen molar-refractivity contribution in [1.29, 1.82) is 0 Å². The molecule has 0 spiro atoms. The topological polar surface area (TPSA) is 108 Å². The Morgan fingerprint density at radius 3 is 2.20 bits per heavy atom. The quantitative estimate of drug-likeness (QED) is 0.632. The highest BCUT2D eigenvalue weighted by atomic mass is 32.3. The number of aromatic nitrogens is 1. The molecule has 8 heteroatoms. The van der Waals surface area contributed by atoms with Crippen molar-refractivity contribution in [3.63, 3.8) is 0 Å². The lowest BCUT2D eigenvalue weighted by Gasteiger charge is -2.22. The molecule has 1 rings (SSSR count). The molecule has 1 aromatic heterocycles. The lowest BCUT2D eigenvalue weighted by Crippen LogP contribution is -2.40. The van der Waals surface area contributed by atoms with Gasteiger partial charge in [-0.2, -0.15) is 0 Å². The minimum atomic E-state index is -2.71. The average molecular weight is 251 g/mol. The molecule has 0 radical (unpaired) electrons. The summed E-state index contributed by atoms with van der Waals surface area (Å²) in [6.07, 6.45) is 1.31. The number of aliphatic hydroxyl groups excluding tert-OH is 1. The van der Waals surface area contributed by atoms with Crippen LogP contribution in [0.5, 0.6) is 0 Å². The number of rotatable bonds is 4. The third-order valence-corrected chi connectivity index (χ3v) is 4.49. The first-order valence-electron chi connectivity index (χ1n) is 3.80. The number of nitrogens with zero attached hydrogens (tertiary/aromatic N) is 1. The van der Waals surface area contributed by atoms with E-state index in [0.29, 0.717) is 0 Å². The monoisotopic (exact) mass is 251 g/mol. The van der Waals surface area contributed by atoms with Crippen LogP contribution < -0.4 is 0 Å². The summed E-state index contributed by atoms with van der Waals surface area (Å²) in [5, 5.41) is 9.02. The van der Waals surface area contributed by atoms with E-state index in [4.69, 9.17) is 14.2 Å². The van der Waals surface area contributed by atoms with Gasteiger partial charge in [0.15, 0.2) is 22.2 Å². The highest BCUT2D eigenvalue weighted by Crippen LogP contribution is 2.28. The van der Waals surface area contributed by atoms with Gasteiger partial charge in [-0.3, -0.25) is 4.98 Å². The molecular weight excluding hydrogens is 242 g/mol. The summed E-state index contributed by atoms with van der Waals surface area (Å²) in [6, 6.07) is 4.34. The van der Waals surface area contributed by atoms with Gasteiger partial charge < -0.3 is 14.2 Å². The first kappa shape index (κ1) is 12.4. The van der Waals surface area contributed by atoms with Gasteiger partial charge in [-0.15, -0.1) is 0 Å². The van der Waals surface area contributed by atoms with Crippen molar-refractivity contribution >= 4 is 22.2 Å². The lowest BCUT2D eigenvalue weighted by molar-refractivity contribution is 0.269. The molecule has 3 N–H and O–H groups in total. The molecule has 15 heavy (non-hydrogen) atoms. The Morgan fingerprint density at radius 1 is 1.27 bits per heavy atom. The molecule has 0 aliphatic carbocycles. The summed E-state index contributed by atoms with van der Waals surface area (Å²) < 4.78 is 38.0. The fourth-order valence-electron chi connectivity index (χ4n) is 1.02. The second-order valence-corrected chi connectivity index (χ2v) is 5.27. The van der Waals surface area contributed by atoms with Crippen molar-refractivity contribution in [2.24, 2.45) is 0 Å². The van der Waals surface area contributed by atoms with Gasteiger partial charge in [0.25, 0.3) is 0 Å². The molecular formula is C7H9NO5S2. The van der Waals surface area contributed by atoms with Crippen molar-refractivity contribution < 1.29 is 22.6 Å². The number of aliphatic hydroxyl groups is 1. The number of pyridine rings is 1. The zero-order valence-corrected chi connectivity index (χ0v) is 9.07. The summed E-state index contributed by atoms with van der Waals surface area (Å²) in [6.45, 7) is -0.948.